The number of ether oxygens (including phenoxy) is 1. The molecule has 2 amide bonds. The number of hydrogen-bond acceptors (Lipinski definition) is 2. The molecule has 2 aliphatic heterocycles. The number of alkyl halides is 3. The van der Waals surface area contributed by atoms with Crippen LogP contribution in [0.1, 0.15) is 31.0 Å². The van der Waals surface area contributed by atoms with Gasteiger partial charge in [-0.15, -0.1) is 0 Å². The zero-order valence-corrected chi connectivity index (χ0v) is 16.5. The van der Waals surface area contributed by atoms with Crippen molar-refractivity contribution in [1.29, 1.82) is 0 Å². The lowest BCUT2D eigenvalue weighted by Gasteiger charge is -2.14. The molecule has 0 radical (unpaired) electrons. The number of unbranched alkanes of at least 4 members (excludes halogenated alkanes) is 1. The maximum atomic E-state index is 13.1. The topological polar surface area (TPSA) is 60.2 Å². The van der Waals surface area contributed by atoms with Crippen molar-refractivity contribution < 1.29 is 22.7 Å². The fraction of sp³-hybridized carbons (Fsp3) is 0.286. The number of anilines is 2. The second-order valence-corrected chi connectivity index (χ2v) is 7.01. The predicted molar refractivity (Wildman–Crippen MR) is 108 cm³/mol. The van der Waals surface area contributed by atoms with Crippen LogP contribution in [0.5, 0.6) is 5.75 Å². The summed E-state index contributed by atoms with van der Waals surface area (Å²) in [4.78, 5) is 12.2. The fourth-order valence-electron chi connectivity index (χ4n) is 3.36. The van der Waals surface area contributed by atoms with E-state index < -0.39 is 17.8 Å². The largest absolute Gasteiger partial charge is 0.494 e. The number of urea groups is 1. The van der Waals surface area contributed by atoms with Gasteiger partial charge in [-0.25, -0.2) is 14.2 Å². The smallest absolute Gasteiger partial charge is 0.418 e. The molecule has 2 aliphatic rings. The van der Waals surface area contributed by atoms with Crippen LogP contribution in [0, 0.1) is 0 Å². The summed E-state index contributed by atoms with van der Waals surface area (Å²) >= 11 is 0. The average molecular weight is 418 g/mol. The van der Waals surface area contributed by atoms with Crippen molar-refractivity contribution in [1.82, 2.24) is 9.36 Å². The Labute approximate surface area is 171 Å². The molecule has 0 spiro atoms. The first-order chi connectivity index (χ1) is 14.3. The predicted octanol–water partition coefficient (Wildman–Crippen LogP) is 5.60. The van der Waals surface area contributed by atoms with Crippen molar-refractivity contribution in [3.8, 4) is 17.3 Å². The molecule has 0 aliphatic carbocycles. The Bertz CT molecular complexity index is 1080. The summed E-state index contributed by atoms with van der Waals surface area (Å²) in [6.07, 6.45) is -1.21. The second-order valence-electron chi connectivity index (χ2n) is 7.01. The molecule has 4 rings (SSSR count). The molecule has 0 bridgehead atoms. The molecule has 30 heavy (non-hydrogen) atoms. The maximum absolute atomic E-state index is 13.1. The summed E-state index contributed by atoms with van der Waals surface area (Å²) in [6, 6.07) is 9.16. The number of nitrogens with zero attached hydrogens (tertiary/aromatic N) is 2. The van der Waals surface area contributed by atoms with Crippen LogP contribution in [-0.2, 0) is 12.6 Å². The van der Waals surface area contributed by atoms with Crippen molar-refractivity contribution in [2.45, 2.75) is 32.4 Å². The highest BCUT2D eigenvalue weighted by atomic mass is 19.4. The van der Waals surface area contributed by atoms with E-state index in [4.69, 9.17) is 4.74 Å². The van der Waals surface area contributed by atoms with Crippen molar-refractivity contribution in [2.75, 3.05) is 17.7 Å². The van der Waals surface area contributed by atoms with E-state index in [1.165, 1.54) is 36.8 Å². The minimum absolute atomic E-state index is 0.311. The fourth-order valence-corrected chi connectivity index (χ4v) is 3.36. The van der Waals surface area contributed by atoms with E-state index in [1.54, 1.807) is 18.2 Å². The van der Waals surface area contributed by atoms with Crippen LogP contribution in [0.4, 0.5) is 29.3 Å². The molecule has 0 fully saturated rings. The normalized spacial score (nSPS) is 12.0. The number of benzene rings is 2. The van der Waals surface area contributed by atoms with Crippen LogP contribution >= 0.6 is 0 Å². The standard InChI is InChI=1S/C21H21F3N4O2/c1-3-4-9-17-19-27(28(17)19)16-11-10-13(12-18(16)30-2)25-20(29)26-15-8-6-5-7-14(15)21(22,23)24/h5-8,10-12H,3-4,9H2,1-2H3,(H2,25,26,29). The van der Waals surface area contributed by atoms with E-state index in [0.29, 0.717) is 11.4 Å². The molecule has 2 N–H and O–H groups in total. The lowest BCUT2D eigenvalue weighted by atomic mass is 10.1. The summed E-state index contributed by atoms with van der Waals surface area (Å²) in [7, 11) is 1.53. The summed E-state index contributed by atoms with van der Waals surface area (Å²) in [5.41, 5.74) is 1.37. The molecule has 0 atom stereocenters. The van der Waals surface area contributed by atoms with Gasteiger partial charge in [0.2, 0.25) is 0 Å². The Morgan fingerprint density at radius 1 is 1.10 bits per heavy atom. The monoisotopic (exact) mass is 418 g/mol. The summed E-state index contributed by atoms with van der Waals surface area (Å²) in [5.74, 6) is 1.74. The van der Waals surface area contributed by atoms with Crippen LogP contribution in [0.3, 0.4) is 0 Å². The number of carbonyl (C=O) groups is 1. The van der Waals surface area contributed by atoms with E-state index in [2.05, 4.69) is 22.2 Å². The molecule has 2 heterocycles. The number of aromatic nitrogens is 2. The summed E-state index contributed by atoms with van der Waals surface area (Å²) in [6.45, 7) is 2.15. The number of aryl methyl sites for hydroxylation is 1. The minimum Gasteiger partial charge on any atom is -0.494 e. The zero-order chi connectivity index (χ0) is 21.5. The van der Waals surface area contributed by atoms with Crippen molar-refractivity contribution in [3.05, 3.63) is 53.7 Å². The molecular weight excluding hydrogens is 397 g/mol. The van der Waals surface area contributed by atoms with Gasteiger partial charge in [0.15, 0.2) is 5.82 Å². The van der Waals surface area contributed by atoms with E-state index in [-0.39, 0.29) is 5.69 Å². The molecule has 0 aromatic heterocycles. The molecule has 158 valence electrons. The molecule has 9 heteroatoms. The lowest BCUT2D eigenvalue weighted by molar-refractivity contribution is -0.136. The van der Waals surface area contributed by atoms with E-state index in [1.807, 2.05) is 4.68 Å². The summed E-state index contributed by atoms with van der Waals surface area (Å²) in [5, 5.41) is 4.80. The van der Waals surface area contributed by atoms with Gasteiger partial charge in [-0.05, 0) is 37.1 Å². The average Bonchev–Trinajstić information content (AvgIpc) is 3.60. The van der Waals surface area contributed by atoms with E-state index in [0.717, 1.165) is 31.0 Å². The lowest BCUT2D eigenvalue weighted by Crippen LogP contribution is -2.21. The first-order valence-corrected chi connectivity index (χ1v) is 9.60. The second kappa shape index (κ2) is 7.47. The van der Waals surface area contributed by atoms with Gasteiger partial charge in [-0.3, -0.25) is 0 Å². The molecular formula is C21H21F3N4O2. The van der Waals surface area contributed by atoms with Gasteiger partial charge in [-0.2, -0.15) is 13.2 Å². The van der Waals surface area contributed by atoms with E-state index in [9.17, 15) is 18.0 Å². The first-order valence-electron chi connectivity index (χ1n) is 9.60. The van der Waals surface area contributed by atoms with Crippen LogP contribution in [0.2, 0.25) is 0 Å². The number of amides is 2. The summed E-state index contributed by atoms with van der Waals surface area (Å²) < 4.78 is 48.8. The number of rotatable bonds is 7. The zero-order valence-electron chi connectivity index (χ0n) is 16.5. The van der Waals surface area contributed by atoms with Crippen LogP contribution < -0.4 is 15.4 Å². The number of nitrogens with one attached hydrogen (secondary N) is 2. The van der Waals surface area contributed by atoms with Gasteiger partial charge in [0, 0.05) is 11.8 Å². The first kappa shape index (κ1) is 19.9. The van der Waals surface area contributed by atoms with Crippen molar-refractivity contribution >= 4 is 17.4 Å². The van der Waals surface area contributed by atoms with Gasteiger partial charge >= 0.3 is 12.2 Å². The van der Waals surface area contributed by atoms with Crippen molar-refractivity contribution in [3.63, 3.8) is 0 Å². The maximum Gasteiger partial charge on any atom is 0.418 e. The Kier molecular flexibility index (Phi) is 4.97. The SMILES string of the molecule is CCCCc1c2n(-c3ccc(NC(=O)Nc4ccccc4C(F)(F)F)cc3OC)n1-2. The third-order valence-corrected chi connectivity index (χ3v) is 4.94. The highest BCUT2D eigenvalue weighted by Gasteiger charge is 2.41. The molecule has 2 aromatic rings. The molecule has 0 saturated heterocycles. The molecule has 0 unspecified atom stereocenters. The van der Waals surface area contributed by atoms with Crippen molar-refractivity contribution in [2.24, 2.45) is 0 Å². The molecule has 6 nitrogen and oxygen atoms in total. The van der Waals surface area contributed by atoms with Gasteiger partial charge in [0.25, 0.3) is 0 Å². The van der Waals surface area contributed by atoms with E-state index >= 15 is 0 Å². The number of hydrogen-bond donors (Lipinski definition) is 2. The quantitative estimate of drug-likeness (QED) is 0.411. The number of carbonyl (C=O) groups excluding carboxylic acids is 1. The van der Waals surface area contributed by atoms with Crippen LogP contribution in [0.15, 0.2) is 42.5 Å². The van der Waals surface area contributed by atoms with Crippen LogP contribution in [0.25, 0.3) is 11.5 Å². The molecule has 0 saturated carbocycles. The number of halogens is 3. The van der Waals surface area contributed by atoms with Gasteiger partial charge < -0.3 is 15.4 Å². The molecule has 2 aromatic carbocycles. The third kappa shape index (κ3) is 3.74. The Morgan fingerprint density at radius 2 is 1.83 bits per heavy atom. The highest BCUT2D eigenvalue weighted by molar-refractivity contribution is 6.00. The third-order valence-electron chi connectivity index (χ3n) is 4.94. The number of para-hydroxylation sites is 1. The van der Waals surface area contributed by atoms with Gasteiger partial charge in [-0.1, -0.05) is 25.5 Å². The number of fused-ring (bicyclic) bond motifs is 1. The van der Waals surface area contributed by atoms with Gasteiger partial charge in [0.05, 0.1) is 24.1 Å². The Hall–Kier alpha value is -3.36. The Balaban J connectivity index is 1.45. The minimum atomic E-state index is -4.56. The van der Waals surface area contributed by atoms with Gasteiger partial charge in [0.1, 0.15) is 11.4 Å². The Morgan fingerprint density at radius 3 is 2.50 bits per heavy atom. The van der Waals surface area contributed by atoms with Crippen LogP contribution in [-0.4, -0.2) is 22.5 Å². The highest BCUT2D eigenvalue weighted by Crippen LogP contribution is 2.45. The number of methoxy groups -OCH3 is 1.